The lowest BCUT2D eigenvalue weighted by Crippen LogP contribution is -2.40. The summed E-state index contributed by atoms with van der Waals surface area (Å²) >= 11 is 0. The number of nitrogens with one attached hydrogen (secondary N) is 1. The molecule has 1 aliphatic heterocycles. The molecule has 0 spiro atoms. The van der Waals surface area contributed by atoms with Gasteiger partial charge in [0.2, 0.25) is 10.0 Å². The number of hydrogen-bond donors (Lipinski definition) is 1. The molecule has 124 valence electrons. The average molecular weight is 338 g/mol. The molecule has 1 atom stereocenters. The van der Waals surface area contributed by atoms with Gasteiger partial charge in [0, 0.05) is 25.4 Å². The highest BCUT2D eigenvalue weighted by Gasteiger charge is 2.36. The first-order valence-corrected chi connectivity index (χ1v) is 9.09. The van der Waals surface area contributed by atoms with Crippen molar-refractivity contribution in [3.63, 3.8) is 0 Å². The van der Waals surface area contributed by atoms with Gasteiger partial charge < -0.3 is 4.74 Å². The second-order valence-corrected chi connectivity index (χ2v) is 8.04. The van der Waals surface area contributed by atoms with Crippen LogP contribution in [0.5, 0.6) is 0 Å². The van der Waals surface area contributed by atoms with E-state index in [0.717, 1.165) is 29.8 Å². The number of hydrogen-bond acceptors (Lipinski definition) is 6. The summed E-state index contributed by atoms with van der Waals surface area (Å²) in [5.74, 6) is 0. The molecule has 0 bridgehead atoms. The molecular weight excluding hydrogens is 320 g/mol. The molecule has 10 heteroatoms. The molecule has 2 aromatic heterocycles. The Bertz CT molecular complexity index is 823. The fourth-order valence-electron chi connectivity index (χ4n) is 2.66. The molecule has 0 amide bonds. The summed E-state index contributed by atoms with van der Waals surface area (Å²) in [5, 5.41) is 12.3. The zero-order valence-electron chi connectivity index (χ0n) is 12.7. The van der Waals surface area contributed by atoms with Crippen LogP contribution in [0.25, 0.3) is 11.3 Å². The van der Waals surface area contributed by atoms with Crippen molar-refractivity contribution in [3.05, 3.63) is 18.1 Å². The van der Waals surface area contributed by atoms with Gasteiger partial charge in [-0.05, 0) is 12.8 Å². The third kappa shape index (κ3) is 2.89. The van der Waals surface area contributed by atoms with E-state index in [-0.39, 0.29) is 17.9 Å². The molecule has 23 heavy (non-hydrogen) atoms. The van der Waals surface area contributed by atoms with Gasteiger partial charge in [-0.1, -0.05) is 5.21 Å². The summed E-state index contributed by atoms with van der Waals surface area (Å²) in [6, 6.07) is 0. The Balaban J connectivity index is 1.45. The molecule has 3 heterocycles. The number of sulfonamides is 1. The van der Waals surface area contributed by atoms with E-state index in [2.05, 4.69) is 20.1 Å². The third-order valence-electron chi connectivity index (χ3n) is 4.12. The molecule has 0 aromatic carbocycles. The van der Waals surface area contributed by atoms with Crippen molar-refractivity contribution in [2.45, 2.75) is 37.3 Å². The van der Waals surface area contributed by atoms with Gasteiger partial charge in [0.25, 0.3) is 0 Å². The van der Waals surface area contributed by atoms with Crippen molar-refractivity contribution in [1.29, 1.82) is 0 Å². The Morgan fingerprint density at radius 1 is 1.43 bits per heavy atom. The van der Waals surface area contributed by atoms with Gasteiger partial charge >= 0.3 is 0 Å². The van der Waals surface area contributed by atoms with Crippen molar-refractivity contribution in [3.8, 4) is 11.3 Å². The van der Waals surface area contributed by atoms with Crippen LogP contribution in [0.3, 0.4) is 0 Å². The standard InChI is InChI=1S/C13H18N6O3S/c1-18-6-9(4-14-18)13-12-8-22-10(7-19(12)17-16-13)5-15-23(20,21)11-2-3-11/h4,6,10-11,15H,2-3,5,7-8H2,1H3/t10-/m1/s1. The molecule has 1 fully saturated rings. The topological polar surface area (TPSA) is 104 Å². The lowest BCUT2D eigenvalue weighted by atomic mass is 10.2. The summed E-state index contributed by atoms with van der Waals surface area (Å²) in [7, 11) is -1.34. The highest BCUT2D eigenvalue weighted by atomic mass is 32.2. The van der Waals surface area contributed by atoms with E-state index in [1.807, 2.05) is 13.2 Å². The number of aryl methyl sites for hydroxylation is 1. The van der Waals surface area contributed by atoms with E-state index >= 15 is 0 Å². The highest BCUT2D eigenvalue weighted by Crippen LogP contribution is 2.28. The van der Waals surface area contributed by atoms with Crippen molar-refractivity contribution in [2.24, 2.45) is 7.05 Å². The van der Waals surface area contributed by atoms with Gasteiger partial charge in [0.15, 0.2) is 0 Å². The minimum absolute atomic E-state index is 0.217. The van der Waals surface area contributed by atoms with Gasteiger partial charge in [-0.15, -0.1) is 5.10 Å². The van der Waals surface area contributed by atoms with Crippen molar-refractivity contribution in [1.82, 2.24) is 29.5 Å². The van der Waals surface area contributed by atoms with Gasteiger partial charge in [-0.25, -0.2) is 17.8 Å². The molecule has 2 aromatic rings. The summed E-state index contributed by atoms with van der Waals surface area (Å²) < 4.78 is 35.6. The Hall–Kier alpha value is -1.78. The Morgan fingerprint density at radius 2 is 2.26 bits per heavy atom. The van der Waals surface area contributed by atoms with Gasteiger partial charge in [0.05, 0.1) is 36.4 Å². The van der Waals surface area contributed by atoms with Crippen LogP contribution in [0.4, 0.5) is 0 Å². The first-order chi connectivity index (χ1) is 11.0. The predicted octanol–water partition coefficient (Wildman–Crippen LogP) is -0.341. The number of rotatable bonds is 5. The molecule has 0 saturated heterocycles. The molecule has 0 unspecified atom stereocenters. The fourth-order valence-corrected chi connectivity index (χ4v) is 4.07. The normalized spacial score (nSPS) is 21.3. The molecule has 1 N–H and O–H groups in total. The van der Waals surface area contributed by atoms with Crippen LogP contribution < -0.4 is 4.72 Å². The second-order valence-electron chi connectivity index (χ2n) is 6.00. The summed E-state index contributed by atoms with van der Waals surface area (Å²) in [6.45, 7) is 1.10. The lowest BCUT2D eigenvalue weighted by Gasteiger charge is -2.24. The van der Waals surface area contributed by atoms with E-state index in [4.69, 9.17) is 4.74 Å². The Kier molecular flexibility index (Phi) is 3.47. The van der Waals surface area contributed by atoms with E-state index < -0.39 is 10.0 Å². The summed E-state index contributed by atoms with van der Waals surface area (Å²) in [5.41, 5.74) is 2.54. The predicted molar refractivity (Wildman–Crippen MR) is 80.7 cm³/mol. The number of ether oxygens (including phenoxy) is 1. The van der Waals surface area contributed by atoms with Crippen molar-refractivity contribution < 1.29 is 13.2 Å². The maximum Gasteiger partial charge on any atom is 0.214 e. The maximum atomic E-state index is 11.9. The Labute approximate surface area is 133 Å². The molecule has 1 aliphatic carbocycles. The Morgan fingerprint density at radius 3 is 2.96 bits per heavy atom. The average Bonchev–Trinajstić information content (AvgIpc) is 3.19. The number of aromatic nitrogens is 5. The second kappa shape index (κ2) is 5.39. The fraction of sp³-hybridized carbons (Fsp3) is 0.615. The number of fused-ring (bicyclic) bond motifs is 1. The first kappa shape index (κ1) is 14.8. The number of nitrogens with zero attached hydrogens (tertiary/aromatic N) is 5. The van der Waals surface area contributed by atoms with E-state index in [1.54, 1.807) is 15.6 Å². The molecule has 0 radical (unpaired) electrons. The van der Waals surface area contributed by atoms with Crippen LogP contribution >= 0.6 is 0 Å². The minimum Gasteiger partial charge on any atom is -0.369 e. The highest BCUT2D eigenvalue weighted by molar-refractivity contribution is 7.90. The van der Waals surface area contributed by atoms with Crippen molar-refractivity contribution >= 4 is 10.0 Å². The largest absolute Gasteiger partial charge is 0.369 e. The summed E-state index contributed by atoms with van der Waals surface area (Å²) in [6.07, 6.45) is 4.88. The summed E-state index contributed by atoms with van der Waals surface area (Å²) in [4.78, 5) is 0. The van der Waals surface area contributed by atoms with Crippen LogP contribution in [0.2, 0.25) is 0 Å². The van der Waals surface area contributed by atoms with Crippen LogP contribution in [0, 0.1) is 0 Å². The van der Waals surface area contributed by atoms with Crippen LogP contribution in [0.15, 0.2) is 12.4 Å². The van der Waals surface area contributed by atoms with E-state index in [0.29, 0.717) is 13.2 Å². The van der Waals surface area contributed by atoms with E-state index in [9.17, 15) is 8.42 Å². The molecule has 4 rings (SSSR count). The first-order valence-electron chi connectivity index (χ1n) is 7.54. The molecule has 9 nitrogen and oxygen atoms in total. The van der Waals surface area contributed by atoms with Crippen molar-refractivity contribution in [2.75, 3.05) is 6.54 Å². The zero-order chi connectivity index (χ0) is 16.0. The monoisotopic (exact) mass is 338 g/mol. The van der Waals surface area contributed by atoms with Crippen LogP contribution in [0.1, 0.15) is 18.5 Å². The van der Waals surface area contributed by atoms with E-state index in [1.165, 1.54) is 0 Å². The van der Waals surface area contributed by atoms with Gasteiger partial charge in [-0.2, -0.15) is 5.10 Å². The SMILES string of the molecule is Cn1cc(-c2nnn3c2CO[C@H](CNS(=O)(=O)C2CC2)C3)cn1. The van der Waals surface area contributed by atoms with Gasteiger partial charge in [-0.3, -0.25) is 4.68 Å². The van der Waals surface area contributed by atoms with Gasteiger partial charge in [0.1, 0.15) is 5.69 Å². The zero-order valence-corrected chi connectivity index (χ0v) is 13.5. The van der Waals surface area contributed by atoms with Crippen LogP contribution in [-0.4, -0.2) is 51.1 Å². The lowest BCUT2D eigenvalue weighted by molar-refractivity contribution is 0.00431. The van der Waals surface area contributed by atoms with Crippen LogP contribution in [-0.2, 0) is 35.0 Å². The third-order valence-corrected chi connectivity index (χ3v) is 6.04. The molecule has 2 aliphatic rings. The maximum absolute atomic E-state index is 11.9. The molecule has 1 saturated carbocycles. The molecular formula is C13H18N6O3S. The smallest absolute Gasteiger partial charge is 0.214 e. The quantitative estimate of drug-likeness (QED) is 0.800. The minimum atomic E-state index is -3.19.